The van der Waals surface area contributed by atoms with Gasteiger partial charge in [0.2, 0.25) is 11.1 Å². The Kier molecular flexibility index (Phi) is 10.2. The molecule has 4 heterocycles. The van der Waals surface area contributed by atoms with E-state index < -0.39 is 23.3 Å². The number of thioether (sulfide) groups is 2. The Labute approximate surface area is 256 Å². The normalized spacial score (nSPS) is 19.3. The second kappa shape index (κ2) is 12.5. The Bertz CT molecular complexity index is 1140. The number of nitrogens with one attached hydrogen (secondary N) is 1. The van der Waals surface area contributed by atoms with Crippen LogP contribution in [0.1, 0.15) is 5.69 Å². The van der Waals surface area contributed by atoms with E-state index in [4.69, 9.17) is 5.73 Å². The minimum Gasteiger partial charge on any atom is -0.543 e. The Morgan fingerprint density at radius 3 is 2.83 bits per heavy atom. The summed E-state index contributed by atoms with van der Waals surface area (Å²) in [6, 6.07) is -0.810. The van der Waals surface area contributed by atoms with Crippen LogP contribution in [-0.4, -0.2) is 96.3 Å². The van der Waals surface area contributed by atoms with Crippen molar-refractivity contribution in [1.29, 1.82) is 0 Å². The van der Waals surface area contributed by atoms with Crippen LogP contribution >= 0.6 is 34.9 Å². The van der Waals surface area contributed by atoms with Gasteiger partial charge in [0.15, 0.2) is 5.13 Å². The number of carboxylic acids is 1. The third kappa shape index (κ3) is 6.64. The minimum absolute atomic E-state index is 0. The summed E-state index contributed by atoms with van der Waals surface area (Å²) in [5.74, 6) is -1.63. The van der Waals surface area contributed by atoms with Crippen LogP contribution in [0.2, 0.25) is 0 Å². The van der Waals surface area contributed by atoms with Gasteiger partial charge in [-0.1, -0.05) is 11.8 Å². The number of hydrogen-bond acceptors (Lipinski definition) is 13. The maximum absolute atomic E-state index is 12.8. The summed E-state index contributed by atoms with van der Waals surface area (Å²) in [4.78, 5) is 44.3. The fourth-order valence-corrected chi connectivity index (χ4v) is 6.41. The first-order valence-corrected chi connectivity index (χ1v) is 13.1. The van der Waals surface area contributed by atoms with Crippen molar-refractivity contribution in [3.63, 3.8) is 0 Å². The van der Waals surface area contributed by atoms with E-state index in [0.29, 0.717) is 33.9 Å². The number of aliphatic carboxylic acids is 1. The number of carbonyl (C=O) groups excluding carboxylic acids is 3. The molecule has 2 aliphatic heterocycles. The molecule has 0 aliphatic carbocycles. The summed E-state index contributed by atoms with van der Waals surface area (Å²) in [7, 11) is 3.89. The van der Waals surface area contributed by atoms with Gasteiger partial charge >= 0.3 is 51.4 Å². The van der Waals surface area contributed by atoms with Crippen LogP contribution < -0.4 is 67.5 Å². The SMILES string of the molecule is CN(C)CCn1nnnc1SCC1=C(C(=O)[O-])N2C(=O)[C@@H](NC(=O)Cc3csc(N)n3)[C@H]2SC1.[K+]. The van der Waals surface area contributed by atoms with Gasteiger partial charge in [-0.25, -0.2) is 9.67 Å². The van der Waals surface area contributed by atoms with Gasteiger partial charge < -0.3 is 25.9 Å². The quantitative estimate of drug-likeness (QED) is 0.160. The number of aromatic nitrogens is 5. The van der Waals surface area contributed by atoms with Gasteiger partial charge in [-0.3, -0.25) is 14.5 Å². The molecule has 3 N–H and O–H groups in total. The van der Waals surface area contributed by atoms with Crippen molar-refractivity contribution >= 4 is 57.8 Å². The minimum atomic E-state index is -1.43. The molecule has 182 valence electrons. The summed E-state index contributed by atoms with van der Waals surface area (Å²) >= 11 is 3.92. The average Bonchev–Trinajstić information content (AvgIpc) is 3.41. The van der Waals surface area contributed by atoms with Gasteiger partial charge in [0.05, 0.1) is 30.3 Å². The molecule has 0 radical (unpaired) electrons. The van der Waals surface area contributed by atoms with E-state index in [1.165, 1.54) is 39.8 Å². The summed E-state index contributed by atoms with van der Waals surface area (Å²) in [5.41, 5.74) is 6.49. The van der Waals surface area contributed by atoms with Crippen LogP contribution in [0.5, 0.6) is 0 Å². The molecule has 0 bridgehead atoms. The summed E-state index contributed by atoms with van der Waals surface area (Å²) in [5, 5.41) is 28.4. The number of carboxylic acid groups (broad SMARTS) is 1. The molecule has 17 heteroatoms. The molecule has 0 spiro atoms. The van der Waals surface area contributed by atoms with Crippen molar-refractivity contribution < 1.29 is 70.9 Å². The molecule has 2 aromatic heterocycles. The van der Waals surface area contributed by atoms with Crippen LogP contribution in [0.15, 0.2) is 21.8 Å². The molecule has 2 atom stereocenters. The average molecular weight is 564 g/mol. The molecule has 13 nitrogen and oxygen atoms in total. The van der Waals surface area contributed by atoms with Crippen molar-refractivity contribution in [2.45, 2.75) is 29.5 Å². The molecular formula is C18H22KN9O4S3. The van der Waals surface area contributed by atoms with Crippen LogP contribution in [0.25, 0.3) is 0 Å². The van der Waals surface area contributed by atoms with Gasteiger partial charge in [-0.15, -0.1) is 28.2 Å². The maximum atomic E-state index is 12.8. The number of β-lactam (4-membered cyclic amide) rings is 1. The van der Waals surface area contributed by atoms with Crippen LogP contribution in [0.4, 0.5) is 5.13 Å². The maximum Gasteiger partial charge on any atom is 1.00 e. The molecule has 1 fully saturated rings. The molecule has 0 saturated carbocycles. The number of tetrazole rings is 1. The standard InChI is InChI=1S/C18H23N9O4S3.K/c1-25(2)3-4-26-18(22-23-24-26)34-7-9-6-32-15-12(14(29)27(15)13(9)16(30)31)21-11(28)5-10-8-33-17(19)20-10;/h8,12,15H,3-7H2,1-2H3,(H2,19,20)(H,21,28)(H,30,31);/q;+1/p-1/t12-,15-;/m1./s1. The molecular weight excluding hydrogens is 542 g/mol. The number of anilines is 1. The molecule has 2 aliphatic rings. The number of nitrogens with two attached hydrogens (primary N) is 1. The fourth-order valence-electron chi connectivity index (χ4n) is 3.46. The van der Waals surface area contributed by atoms with E-state index in [1.54, 1.807) is 10.1 Å². The van der Waals surface area contributed by atoms with E-state index in [9.17, 15) is 19.5 Å². The van der Waals surface area contributed by atoms with E-state index in [-0.39, 0.29) is 75.2 Å². The predicted octanol–water partition coefficient (Wildman–Crippen LogP) is -4.98. The van der Waals surface area contributed by atoms with E-state index in [1.807, 2.05) is 19.0 Å². The molecule has 4 rings (SSSR count). The first-order valence-electron chi connectivity index (χ1n) is 10.2. The van der Waals surface area contributed by atoms with Crippen LogP contribution in [0, 0.1) is 0 Å². The molecule has 2 amide bonds. The van der Waals surface area contributed by atoms with Crippen molar-refractivity contribution in [3.8, 4) is 0 Å². The zero-order chi connectivity index (χ0) is 24.4. The van der Waals surface area contributed by atoms with E-state index in [2.05, 4.69) is 25.8 Å². The fraction of sp³-hybridized carbons (Fsp3) is 0.500. The van der Waals surface area contributed by atoms with Crippen LogP contribution in [0.3, 0.4) is 0 Å². The van der Waals surface area contributed by atoms with Crippen molar-refractivity contribution in [1.82, 2.24) is 40.3 Å². The van der Waals surface area contributed by atoms with Gasteiger partial charge in [0.25, 0.3) is 5.91 Å². The monoisotopic (exact) mass is 563 g/mol. The largest absolute Gasteiger partial charge is 1.00 e. The van der Waals surface area contributed by atoms with Crippen LogP contribution in [-0.2, 0) is 27.3 Å². The summed E-state index contributed by atoms with van der Waals surface area (Å²) in [6.07, 6.45) is -0.0114. The van der Waals surface area contributed by atoms with E-state index in [0.717, 1.165) is 6.54 Å². The molecule has 35 heavy (non-hydrogen) atoms. The number of thiazole rings is 1. The molecule has 0 unspecified atom stereocenters. The van der Waals surface area contributed by atoms with Gasteiger partial charge in [0.1, 0.15) is 11.4 Å². The number of amides is 2. The Hall–Kier alpha value is -1.05. The summed E-state index contributed by atoms with van der Waals surface area (Å²) in [6.45, 7) is 1.33. The number of hydrogen-bond donors (Lipinski definition) is 2. The second-order valence-electron chi connectivity index (χ2n) is 7.83. The zero-order valence-electron chi connectivity index (χ0n) is 19.3. The van der Waals surface area contributed by atoms with Crippen molar-refractivity contribution in [2.24, 2.45) is 0 Å². The first kappa shape index (κ1) is 28.5. The van der Waals surface area contributed by atoms with Gasteiger partial charge in [-0.05, 0) is 30.1 Å². The number of fused-ring (bicyclic) bond motifs is 1. The third-order valence-corrected chi connectivity index (χ3v) is 8.21. The van der Waals surface area contributed by atoms with Crippen molar-refractivity contribution in [2.75, 3.05) is 37.9 Å². The Morgan fingerprint density at radius 2 is 2.17 bits per heavy atom. The number of carbonyl (C=O) groups is 3. The third-order valence-electron chi connectivity index (χ3n) is 5.10. The molecule has 0 aromatic carbocycles. The molecule has 1 saturated heterocycles. The molecule has 2 aromatic rings. The van der Waals surface area contributed by atoms with Gasteiger partial charge in [-0.2, -0.15) is 0 Å². The smallest absolute Gasteiger partial charge is 0.543 e. The Morgan fingerprint density at radius 1 is 1.40 bits per heavy atom. The van der Waals surface area contributed by atoms with Crippen molar-refractivity contribution in [3.05, 3.63) is 22.3 Å². The number of likely N-dealkylation sites (N-methyl/N-ethyl adjacent to an activating group) is 1. The number of rotatable bonds is 10. The zero-order valence-corrected chi connectivity index (χ0v) is 24.9. The van der Waals surface area contributed by atoms with E-state index >= 15 is 0 Å². The summed E-state index contributed by atoms with van der Waals surface area (Å²) < 4.78 is 1.65. The Balaban J connectivity index is 0.00000342. The predicted molar refractivity (Wildman–Crippen MR) is 124 cm³/mol. The topological polar surface area (TPSA) is 175 Å². The number of nitrogens with zero attached hydrogens (tertiary/aromatic N) is 7. The second-order valence-corrected chi connectivity index (χ2v) is 10.8. The van der Waals surface area contributed by atoms with Gasteiger partial charge in [0, 0.05) is 23.4 Å². The first-order chi connectivity index (χ1) is 16.2. The number of nitrogen functional groups attached to an aromatic ring is 1.